The number of halogens is 2. The number of sulfonamides is 1. The summed E-state index contributed by atoms with van der Waals surface area (Å²) in [7, 11) is -1.61. The van der Waals surface area contributed by atoms with E-state index in [0.717, 1.165) is 15.6 Å². The van der Waals surface area contributed by atoms with Gasteiger partial charge >= 0.3 is 0 Å². The van der Waals surface area contributed by atoms with E-state index in [1.807, 2.05) is 49.4 Å². The van der Waals surface area contributed by atoms with Gasteiger partial charge in [-0.05, 0) is 71.7 Å². The fraction of sp³-hybridized carbons (Fsp3) is 0.200. The van der Waals surface area contributed by atoms with Crippen molar-refractivity contribution in [2.45, 2.75) is 13.5 Å². The summed E-state index contributed by atoms with van der Waals surface area (Å²) in [5, 5.41) is 0.714. The molecule has 2 heterocycles. The van der Waals surface area contributed by atoms with E-state index in [2.05, 4.69) is 15.9 Å². The van der Waals surface area contributed by atoms with Crippen LogP contribution >= 0.6 is 15.9 Å². The monoisotopic (exact) mass is 607 g/mol. The lowest BCUT2D eigenvalue weighted by molar-refractivity contribution is 0.0787. The molecule has 0 aliphatic carbocycles. The zero-order chi connectivity index (χ0) is 27.7. The summed E-state index contributed by atoms with van der Waals surface area (Å²) < 4.78 is 40.7. The number of benzene rings is 3. The molecule has 1 aliphatic rings. The van der Waals surface area contributed by atoms with Gasteiger partial charge < -0.3 is 4.90 Å². The lowest BCUT2D eigenvalue weighted by Crippen LogP contribution is -2.27. The second-order valence-corrected chi connectivity index (χ2v) is 12.7. The predicted octanol–water partition coefficient (Wildman–Crippen LogP) is 6.36. The average molecular weight is 609 g/mol. The van der Waals surface area contributed by atoms with Gasteiger partial charge in [-0.15, -0.1) is 0 Å². The zero-order valence-corrected chi connectivity index (χ0v) is 23.9. The lowest BCUT2D eigenvalue weighted by Gasteiger charge is -2.21. The van der Waals surface area contributed by atoms with Crippen LogP contribution in [0.2, 0.25) is 0 Å². The van der Waals surface area contributed by atoms with Crippen LogP contribution in [0.4, 0.5) is 10.1 Å². The van der Waals surface area contributed by atoms with Crippen molar-refractivity contribution in [1.82, 2.24) is 9.88 Å². The Kier molecular flexibility index (Phi) is 7.55. The fourth-order valence-corrected chi connectivity index (χ4v) is 7.04. The van der Waals surface area contributed by atoms with Gasteiger partial charge in [-0.2, -0.15) is 0 Å². The van der Waals surface area contributed by atoms with E-state index in [0.29, 0.717) is 40.9 Å². The molecule has 1 saturated heterocycles. The largest absolute Gasteiger partial charge is 0.337 e. The molecule has 1 aromatic heterocycles. The Labute approximate surface area is 236 Å². The van der Waals surface area contributed by atoms with Crippen LogP contribution in [-0.2, 0) is 16.6 Å². The second kappa shape index (κ2) is 10.9. The molecule has 5 rings (SSSR count). The summed E-state index contributed by atoms with van der Waals surface area (Å²) in [6.07, 6.45) is 3.62. The van der Waals surface area contributed by atoms with Crippen molar-refractivity contribution in [2.75, 3.05) is 23.7 Å². The Bertz CT molecular complexity index is 1690. The number of carbonyl (C=O) groups is 1. The number of rotatable bonds is 6. The van der Waals surface area contributed by atoms with Gasteiger partial charge in [0, 0.05) is 30.0 Å². The molecule has 1 amide bonds. The van der Waals surface area contributed by atoms with Crippen LogP contribution in [0.15, 0.2) is 77.3 Å². The normalized spacial score (nSPS) is 16.7. The Hall–Kier alpha value is -3.56. The molecule has 1 atom stereocenters. The zero-order valence-electron chi connectivity index (χ0n) is 21.5. The van der Waals surface area contributed by atoms with Gasteiger partial charge in [0.25, 0.3) is 5.91 Å². The summed E-state index contributed by atoms with van der Waals surface area (Å²) in [5.74, 6) is -0.295. The Morgan fingerprint density at radius 2 is 1.87 bits per heavy atom. The Morgan fingerprint density at radius 3 is 2.59 bits per heavy atom. The number of carbonyl (C=O) groups excluding carboxylic acids is 1. The molecule has 0 bridgehead atoms. The van der Waals surface area contributed by atoms with Crippen LogP contribution in [0, 0.1) is 11.7 Å². The standard InChI is InChI=1S/C30H27BrFN3O3S/c1-20-17-35(39(37,38)19-20)26-5-3-4-22(14-26)18-34(2)30(36)28-16-25(12-8-21-6-10-24(32)11-7-21)33-29-13-9-23(31)15-27(28)29/h3-16,20H,17-19H2,1-2H3/b12-8+. The Morgan fingerprint density at radius 1 is 1.10 bits per heavy atom. The van der Waals surface area contributed by atoms with Crippen molar-refractivity contribution in [1.29, 1.82) is 0 Å². The third kappa shape index (κ3) is 6.04. The smallest absolute Gasteiger partial charge is 0.254 e. The molecule has 0 N–H and O–H groups in total. The van der Waals surface area contributed by atoms with Crippen LogP contribution in [0.1, 0.15) is 34.1 Å². The topological polar surface area (TPSA) is 70.6 Å². The van der Waals surface area contributed by atoms with Crippen LogP contribution in [0.5, 0.6) is 0 Å². The van der Waals surface area contributed by atoms with Crippen LogP contribution < -0.4 is 4.31 Å². The summed E-state index contributed by atoms with van der Waals surface area (Å²) in [5.41, 5.74) is 4.02. The molecular weight excluding hydrogens is 581 g/mol. The molecular formula is C30H27BrFN3O3S. The number of pyridine rings is 1. The minimum Gasteiger partial charge on any atom is -0.337 e. The molecule has 0 saturated carbocycles. The molecule has 6 nitrogen and oxygen atoms in total. The van der Waals surface area contributed by atoms with E-state index in [1.165, 1.54) is 16.4 Å². The molecule has 1 fully saturated rings. The molecule has 200 valence electrons. The summed E-state index contributed by atoms with van der Waals surface area (Å²) in [6, 6.07) is 20.8. The molecule has 39 heavy (non-hydrogen) atoms. The van der Waals surface area contributed by atoms with E-state index in [4.69, 9.17) is 4.98 Å². The molecule has 0 radical (unpaired) electrons. The lowest BCUT2D eigenvalue weighted by atomic mass is 10.1. The van der Waals surface area contributed by atoms with Gasteiger partial charge in [-0.1, -0.05) is 53.2 Å². The van der Waals surface area contributed by atoms with Crippen LogP contribution in [0.3, 0.4) is 0 Å². The van der Waals surface area contributed by atoms with Gasteiger partial charge in [0.15, 0.2) is 0 Å². The first kappa shape index (κ1) is 27.0. The average Bonchev–Trinajstić information content (AvgIpc) is 3.19. The Balaban J connectivity index is 1.44. The quantitative estimate of drug-likeness (QED) is 0.255. The van der Waals surface area contributed by atoms with Gasteiger partial charge in [0.2, 0.25) is 10.0 Å². The molecule has 3 aromatic carbocycles. The van der Waals surface area contributed by atoms with Crippen molar-refractivity contribution < 1.29 is 17.6 Å². The number of nitrogens with zero attached hydrogens (tertiary/aromatic N) is 3. The van der Waals surface area contributed by atoms with Crippen LogP contribution in [-0.4, -0.2) is 43.6 Å². The van der Waals surface area contributed by atoms with Crippen molar-refractivity contribution >= 4 is 60.6 Å². The number of hydrogen-bond acceptors (Lipinski definition) is 4. The third-order valence-corrected chi connectivity index (χ3v) is 9.13. The molecule has 0 spiro atoms. The van der Waals surface area contributed by atoms with Gasteiger partial charge in [0.1, 0.15) is 5.82 Å². The maximum atomic E-state index is 13.7. The number of anilines is 1. The molecule has 4 aromatic rings. The number of fused-ring (bicyclic) bond motifs is 1. The number of amides is 1. The van der Waals surface area contributed by atoms with Crippen molar-refractivity contribution in [3.63, 3.8) is 0 Å². The van der Waals surface area contributed by atoms with Crippen molar-refractivity contribution in [2.24, 2.45) is 5.92 Å². The number of hydrogen-bond donors (Lipinski definition) is 0. The minimum absolute atomic E-state index is 0.0634. The van der Waals surface area contributed by atoms with E-state index in [9.17, 15) is 17.6 Å². The predicted molar refractivity (Wildman–Crippen MR) is 157 cm³/mol. The maximum Gasteiger partial charge on any atom is 0.254 e. The van der Waals surface area contributed by atoms with Crippen molar-refractivity contribution in [3.05, 3.63) is 105 Å². The van der Waals surface area contributed by atoms with Crippen molar-refractivity contribution in [3.8, 4) is 0 Å². The SMILES string of the molecule is CC1CN(c2cccc(CN(C)C(=O)c3cc(/C=C/c4ccc(F)cc4)nc4ccc(Br)cc34)c2)S(=O)(=O)C1. The number of aromatic nitrogens is 1. The highest BCUT2D eigenvalue weighted by atomic mass is 79.9. The fourth-order valence-electron chi connectivity index (χ4n) is 4.76. The highest BCUT2D eigenvalue weighted by Gasteiger charge is 2.33. The van der Waals surface area contributed by atoms with E-state index in [1.54, 1.807) is 42.3 Å². The maximum absolute atomic E-state index is 13.7. The first-order valence-electron chi connectivity index (χ1n) is 12.5. The molecule has 1 unspecified atom stereocenters. The highest BCUT2D eigenvalue weighted by Crippen LogP contribution is 2.29. The van der Waals surface area contributed by atoms with Crippen LogP contribution in [0.25, 0.3) is 23.1 Å². The van der Waals surface area contributed by atoms with E-state index < -0.39 is 10.0 Å². The first-order valence-corrected chi connectivity index (χ1v) is 14.9. The minimum atomic E-state index is -3.34. The summed E-state index contributed by atoms with van der Waals surface area (Å²) >= 11 is 3.49. The summed E-state index contributed by atoms with van der Waals surface area (Å²) in [6.45, 7) is 2.68. The van der Waals surface area contributed by atoms with E-state index in [-0.39, 0.29) is 23.4 Å². The van der Waals surface area contributed by atoms with Gasteiger partial charge in [-0.25, -0.2) is 17.8 Å². The molecule has 9 heteroatoms. The second-order valence-electron chi connectivity index (χ2n) is 9.89. The van der Waals surface area contributed by atoms with Gasteiger partial charge in [0.05, 0.1) is 28.2 Å². The summed E-state index contributed by atoms with van der Waals surface area (Å²) in [4.78, 5) is 20.0. The van der Waals surface area contributed by atoms with Gasteiger partial charge in [-0.3, -0.25) is 9.10 Å². The highest BCUT2D eigenvalue weighted by molar-refractivity contribution is 9.10. The first-order chi connectivity index (χ1) is 18.6. The molecule has 1 aliphatic heterocycles. The van der Waals surface area contributed by atoms with E-state index >= 15 is 0 Å². The third-order valence-electron chi connectivity index (χ3n) is 6.61.